The van der Waals surface area contributed by atoms with E-state index in [1.165, 1.54) is 12.8 Å². The van der Waals surface area contributed by atoms with E-state index in [1.54, 1.807) is 6.20 Å². The number of unbranched alkanes of at least 4 members (excludes halogenated alkanes) is 2. The summed E-state index contributed by atoms with van der Waals surface area (Å²) in [6, 6.07) is 0. The SMILES string of the molecule is CCCCCNc1nc(NN)nc2[nH]ncc12. The zero-order valence-corrected chi connectivity index (χ0v) is 9.82. The van der Waals surface area contributed by atoms with E-state index in [9.17, 15) is 0 Å². The molecule has 0 fully saturated rings. The number of hydrazine groups is 1. The number of aromatic nitrogens is 4. The summed E-state index contributed by atoms with van der Waals surface area (Å²) in [4.78, 5) is 8.42. The van der Waals surface area contributed by atoms with Crippen molar-refractivity contribution in [3.05, 3.63) is 6.20 Å². The molecule has 0 atom stereocenters. The lowest BCUT2D eigenvalue weighted by Gasteiger charge is -2.07. The molecule has 0 saturated carbocycles. The van der Waals surface area contributed by atoms with Gasteiger partial charge in [-0.25, -0.2) is 5.84 Å². The first-order chi connectivity index (χ1) is 8.35. The number of rotatable bonds is 6. The van der Waals surface area contributed by atoms with Gasteiger partial charge in [0.05, 0.1) is 11.6 Å². The Kier molecular flexibility index (Phi) is 3.71. The highest BCUT2D eigenvalue weighted by Gasteiger charge is 2.07. The van der Waals surface area contributed by atoms with E-state index in [0.717, 1.165) is 24.2 Å². The van der Waals surface area contributed by atoms with Gasteiger partial charge in [-0.15, -0.1) is 0 Å². The first kappa shape index (κ1) is 11.6. The summed E-state index contributed by atoms with van der Waals surface area (Å²) in [5.74, 6) is 6.45. The molecular formula is C10H17N7. The van der Waals surface area contributed by atoms with Gasteiger partial charge in [0.15, 0.2) is 5.65 Å². The third kappa shape index (κ3) is 2.62. The number of fused-ring (bicyclic) bond motifs is 1. The quantitative estimate of drug-likeness (QED) is 0.341. The van der Waals surface area contributed by atoms with Crippen LogP contribution in [-0.2, 0) is 0 Å². The van der Waals surface area contributed by atoms with Crippen molar-refractivity contribution in [2.45, 2.75) is 26.2 Å². The number of H-pyrrole nitrogens is 1. The molecule has 0 amide bonds. The molecule has 0 aromatic carbocycles. The maximum atomic E-state index is 5.32. The fraction of sp³-hybridized carbons (Fsp3) is 0.500. The molecule has 0 radical (unpaired) electrons. The number of aromatic amines is 1. The molecule has 0 saturated heterocycles. The van der Waals surface area contributed by atoms with Crippen molar-refractivity contribution in [3.8, 4) is 0 Å². The molecular weight excluding hydrogens is 218 g/mol. The Morgan fingerprint density at radius 3 is 3.00 bits per heavy atom. The summed E-state index contributed by atoms with van der Waals surface area (Å²) < 4.78 is 0. The molecule has 0 bridgehead atoms. The van der Waals surface area contributed by atoms with Crippen molar-refractivity contribution in [1.82, 2.24) is 20.2 Å². The van der Waals surface area contributed by atoms with Crippen LogP contribution in [0.4, 0.5) is 11.8 Å². The third-order valence-corrected chi connectivity index (χ3v) is 2.51. The lowest BCUT2D eigenvalue weighted by Crippen LogP contribution is -2.12. The molecule has 2 aromatic rings. The second kappa shape index (κ2) is 5.44. The average molecular weight is 235 g/mol. The fourth-order valence-electron chi connectivity index (χ4n) is 1.62. The maximum Gasteiger partial charge on any atom is 0.241 e. The Bertz CT molecular complexity index is 478. The van der Waals surface area contributed by atoms with Crippen LogP contribution in [0.3, 0.4) is 0 Å². The zero-order valence-electron chi connectivity index (χ0n) is 9.82. The highest BCUT2D eigenvalue weighted by atomic mass is 15.3. The Labute approximate surface area is 99.2 Å². The van der Waals surface area contributed by atoms with Crippen LogP contribution in [0.25, 0.3) is 11.0 Å². The van der Waals surface area contributed by atoms with Crippen LogP contribution in [0.5, 0.6) is 0 Å². The lowest BCUT2D eigenvalue weighted by molar-refractivity contribution is 0.742. The second-order valence-electron chi connectivity index (χ2n) is 3.81. The molecule has 5 N–H and O–H groups in total. The number of anilines is 2. The second-order valence-corrected chi connectivity index (χ2v) is 3.81. The normalized spacial score (nSPS) is 10.7. The smallest absolute Gasteiger partial charge is 0.241 e. The summed E-state index contributed by atoms with van der Waals surface area (Å²) in [5.41, 5.74) is 3.11. The van der Waals surface area contributed by atoms with Gasteiger partial charge in [-0.3, -0.25) is 10.5 Å². The van der Waals surface area contributed by atoms with E-state index >= 15 is 0 Å². The number of nitrogens with zero attached hydrogens (tertiary/aromatic N) is 3. The van der Waals surface area contributed by atoms with E-state index in [0.29, 0.717) is 11.6 Å². The predicted molar refractivity (Wildman–Crippen MR) is 67.5 cm³/mol. The fourth-order valence-corrected chi connectivity index (χ4v) is 1.62. The predicted octanol–water partition coefficient (Wildman–Crippen LogP) is 1.24. The summed E-state index contributed by atoms with van der Waals surface area (Å²) in [6.07, 6.45) is 5.22. The summed E-state index contributed by atoms with van der Waals surface area (Å²) in [6.45, 7) is 3.06. The Morgan fingerprint density at radius 1 is 1.35 bits per heavy atom. The monoisotopic (exact) mass is 235 g/mol. The topological polar surface area (TPSA) is 105 Å². The molecule has 0 aliphatic heterocycles. The molecule has 17 heavy (non-hydrogen) atoms. The van der Waals surface area contributed by atoms with Crippen LogP contribution in [0.15, 0.2) is 6.20 Å². The van der Waals surface area contributed by atoms with E-state index < -0.39 is 0 Å². The molecule has 0 unspecified atom stereocenters. The first-order valence-electron chi connectivity index (χ1n) is 5.76. The summed E-state index contributed by atoms with van der Waals surface area (Å²) >= 11 is 0. The standard InChI is InChI=1S/C10H17N7/c1-2-3-4-5-12-8-7-6-13-17-9(7)15-10(14-8)16-11/h6H,2-5,11H2,1H3,(H3,12,13,14,15,16,17). The van der Waals surface area contributed by atoms with Gasteiger partial charge in [0.2, 0.25) is 5.95 Å². The minimum atomic E-state index is 0.375. The van der Waals surface area contributed by atoms with Gasteiger partial charge in [-0.1, -0.05) is 19.8 Å². The van der Waals surface area contributed by atoms with Crippen LogP contribution in [0, 0.1) is 0 Å². The van der Waals surface area contributed by atoms with Gasteiger partial charge in [0, 0.05) is 6.54 Å². The zero-order chi connectivity index (χ0) is 12.1. The molecule has 2 heterocycles. The molecule has 0 aliphatic carbocycles. The van der Waals surface area contributed by atoms with Crippen molar-refractivity contribution in [2.24, 2.45) is 5.84 Å². The van der Waals surface area contributed by atoms with E-state index in [1.807, 2.05) is 0 Å². The van der Waals surface area contributed by atoms with Crippen molar-refractivity contribution >= 4 is 22.8 Å². The van der Waals surface area contributed by atoms with Gasteiger partial charge in [0.25, 0.3) is 0 Å². The van der Waals surface area contributed by atoms with Crippen molar-refractivity contribution in [2.75, 3.05) is 17.3 Å². The van der Waals surface area contributed by atoms with E-state index in [4.69, 9.17) is 5.84 Å². The summed E-state index contributed by atoms with van der Waals surface area (Å²) in [5, 5.41) is 10.9. The van der Waals surface area contributed by atoms with Crippen molar-refractivity contribution < 1.29 is 0 Å². The molecule has 92 valence electrons. The van der Waals surface area contributed by atoms with Crippen LogP contribution in [-0.4, -0.2) is 26.7 Å². The minimum Gasteiger partial charge on any atom is -0.369 e. The molecule has 7 nitrogen and oxygen atoms in total. The van der Waals surface area contributed by atoms with Crippen molar-refractivity contribution in [1.29, 1.82) is 0 Å². The average Bonchev–Trinajstić information content (AvgIpc) is 2.82. The molecule has 2 rings (SSSR count). The number of hydrogen-bond donors (Lipinski definition) is 4. The third-order valence-electron chi connectivity index (χ3n) is 2.51. The molecule has 0 spiro atoms. The van der Waals surface area contributed by atoms with E-state index in [2.05, 4.69) is 37.8 Å². The van der Waals surface area contributed by atoms with Gasteiger partial charge < -0.3 is 5.32 Å². The van der Waals surface area contributed by atoms with Crippen LogP contribution in [0.1, 0.15) is 26.2 Å². The van der Waals surface area contributed by atoms with Gasteiger partial charge >= 0.3 is 0 Å². The highest BCUT2D eigenvalue weighted by Crippen LogP contribution is 2.19. The first-order valence-corrected chi connectivity index (χ1v) is 5.76. The van der Waals surface area contributed by atoms with Gasteiger partial charge in [0.1, 0.15) is 5.82 Å². The highest BCUT2D eigenvalue weighted by molar-refractivity contribution is 5.86. The summed E-state index contributed by atoms with van der Waals surface area (Å²) in [7, 11) is 0. The Morgan fingerprint density at radius 2 is 2.24 bits per heavy atom. The van der Waals surface area contributed by atoms with Crippen LogP contribution in [0.2, 0.25) is 0 Å². The molecule has 2 aromatic heterocycles. The number of nitrogen functional groups attached to an aromatic ring is 1. The minimum absolute atomic E-state index is 0.375. The lowest BCUT2D eigenvalue weighted by atomic mass is 10.2. The maximum absolute atomic E-state index is 5.32. The van der Waals surface area contributed by atoms with Crippen LogP contribution >= 0.6 is 0 Å². The molecule has 7 heteroatoms. The van der Waals surface area contributed by atoms with Gasteiger partial charge in [-0.05, 0) is 6.42 Å². The van der Waals surface area contributed by atoms with Crippen LogP contribution < -0.4 is 16.6 Å². The number of hydrogen-bond acceptors (Lipinski definition) is 6. The van der Waals surface area contributed by atoms with Crippen molar-refractivity contribution in [3.63, 3.8) is 0 Å². The Hall–Kier alpha value is -1.89. The van der Waals surface area contributed by atoms with Gasteiger partial charge in [-0.2, -0.15) is 15.1 Å². The number of nitrogens with one attached hydrogen (secondary N) is 3. The number of nitrogens with two attached hydrogens (primary N) is 1. The molecule has 0 aliphatic rings. The van der Waals surface area contributed by atoms with E-state index in [-0.39, 0.29) is 0 Å². The Balaban J connectivity index is 2.16. The largest absolute Gasteiger partial charge is 0.369 e.